The number of aryl methyl sites for hydroxylation is 1. The fraction of sp³-hybridized carbons (Fsp3) is 0.238. The molecule has 0 aliphatic rings. The lowest BCUT2D eigenvalue weighted by atomic mass is 10.1. The molecule has 3 aromatic rings. The molecule has 0 radical (unpaired) electrons. The number of anilines is 2. The monoisotopic (exact) mass is 383 g/mol. The predicted octanol–water partition coefficient (Wildman–Crippen LogP) is 3.75. The zero-order valence-corrected chi connectivity index (χ0v) is 16.0. The molecule has 3 rings (SSSR count). The maximum atomic E-state index is 13.9. The number of methoxy groups -OCH3 is 2. The third-order valence-corrected chi connectivity index (χ3v) is 4.39. The summed E-state index contributed by atoms with van der Waals surface area (Å²) < 4.78 is 26.2. The van der Waals surface area contributed by atoms with Crippen molar-refractivity contribution in [2.45, 2.75) is 19.9 Å². The number of benzene rings is 2. The van der Waals surface area contributed by atoms with Crippen LogP contribution in [0.3, 0.4) is 0 Å². The van der Waals surface area contributed by atoms with E-state index in [1.165, 1.54) is 0 Å². The molecular weight excluding hydrogens is 361 g/mol. The molecule has 0 aliphatic heterocycles. The summed E-state index contributed by atoms with van der Waals surface area (Å²) in [5.74, 6) is 0.501. The number of nitrogens with one attached hydrogen (secondary N) is 1. The zero-order valence-electron chi connectivity index (χ0n) is 16.0. The fourth-order valence-corrected chi connectivity index (χ4v) is 2.92. The van der Waals surface area contributed by atoms with E-state index in [1.807, 2.05) is 43.3 Å². The molecule has 0 spiro atoms. The Balaban J connectivity index is 2.04. The van der Waals surface area contributed by atoms with Crippen LogP contribution in [0.5, 0.6) is 11.5 Å². The Labute approximate surface area is 162 Å². The topological polar surface area (TPSA) is 65.4 Å². The summed E-state index contributed by atoms with van der Waals surface area (Å²) in [7, 11) is 3.12. The molecule has 1 heterocycles. The third kappa shape index (κ3) is 4.14. The summed E-state index contributed by atoms with van der Waals surface area (Å²) >= 11 is 0. The van der Waals surface area contributed by atoms with Crippen LogP contribution in [0.15, 0.2) is 53.5 Å². The number of rotatable bonds is 7. The van der Waals surface area contributed by atoms with Crippen LogP contribution in [-0.2, 0) is 13.0 Å². The van der Waals surface area contributed by atoms with E-state index in [0.29, 0.717) is 30.2 Å². The van der Waals surface area contributed by atoms with Crippen molar-refractivity contribution < 1.29 is 13.9 Å². The van der Waals surface area contributed by atoms with Crippen molar-refractivity contribution in [2.24, 2.45) is 0 Å². The number of nitrogens with zero attached hydrogens (tertiary/aromatic N) is 2. The van der Waals surface area contributed by atoms with Gasteiger partial charge in [-0.15, -0.1) is 0 Å². The maximum Gasteiger partial charge on any atom is 0.310 e. The first-order valence-corrected chi connectivity index (χ1v) is 8.88. The molecule has 0 aliphatic carbocycles. The van der Waals surface area contributed by atoms with Gasteiger partial charge in [-0.05, 0) is 23.6 Å². The first-order chi connectivity index (χ1) is 13.5. The van der Waals surface area contributed by atoms with Gasteiger partial charge in [-0.2, -0.15) is 9.37 Å². The van der Waals surface area contributed by atoms with Crippen molar-refractivity contribution in [3.63, 3.8) is 0 Å². The first kappa shape index (κ1) is 19.4. The van der Waals surface area contributed by atoms with E-state index in [1.54, 1.807) is 24.9 Å². The van der Waals surface area contributed by atoms with E-state index in [2.05, 4.69) is 10.3 Å². The highest BCUT2D eigenvalue weighted by molar-refractivity contribution is 5.65. The second kappa shape index (κ2) is 8.56. The highest BCUT2D eigenvalue weighted by Crippen LogP contribution is 2.34. The van der Waals surface area contributed by atoms with Crippen molar-refractivity contribution in [3.8, 4) is 11.5 Å². The van der Waals surface area contributed by atoms with Crippen LogP contribution < -0.4 is 20.3 Å². The molecule has 0 bridgehead atoms. The van der Waals surface area contributed by atoms with Gasteiger partial charge in [-0.1, -0.05) is 37.3 Å². The summed E-state index contributed by atoms with van der Waals surface area (Å²) in [6.45, 7) is 2.36. The highest BCUT2D eigenvalue weighted by atomic mass is 19.1. The number of hydrogen-bond acceptors (Lipinski definition) is 5. The molecular formula is C21H22FN3O3. The molecule has 7 heteroatoms. The largest absolute Gasteiger partial charge is 0.493 e. The van der Waals surface area contributed by atoms with Gasteiger partial charge in [0.15, 0.2) is 11.5 Å². The van der Waals surface area contributed by atoms with Gasteiger partial charge >= 0.3 is 5.56 Å². The molecule has 0 unspecified atom stereocenters. The average Bonchev–Trinajstić information content (AvgIpc) is 2.72. The molecule has 0 atom stereocenters. The van der Waals surface area contributed by atoms with Crippen LogP contribution in [0.25, 0.3) is 0 Å². The Morgan fingerprint density at radius 2 is 1.79 bits per heavy atom. The fourth-order valence-electron chi connectivity index (χ4n) is 2.92. The van der Waals surface area contributed by atoms with Crippen LogP contribution in [0.1, 0.15) is 18.1 Å². The van der Waals surface area contributed by atoms with Gasteiger partial charge < -0.3 is 19.4 Å². The molecule has 1 aromatic heterocycles. The molecule has 146 valence electrons. The van der Waals surface area contributed by atoms with Crippen molar-refractivity contribution in [2.75, 3.05) is 19.5 Å². The molecule has 0 saturated heterocycles. The Hall–Kier alpha value is -3.35. The minimum atomic E-state index is -0.912. The van der Waals surface area contributed by atoms with E-state index in [9.17, 15) is 9.18 Å². The number of ether oxygens (including phenoxy) is 2. The third-order valence-electron chi connectivity index (χ3n) is 4.39. The van der Waals surface area contributed by atoms with Gasteiger partial charge in [0.1, 0.15) is 0 Å². The zero-order chi connectivity index (χ0) is 20.1. The average molecular weight is 383 g/mol. The summed E-state index contributed by atoms with van der Waals surface area (Å²) in [5, 5.41) is 3.16. The Morgan fingerprint density at radius 1 is 1.11 bits per heavy atom. The van der Waals surface area contributed by atoms with Crippen molar-refractivity contribution >= 4 is 11.6 Å². The normalized spacial score (nSPS) is 10.6. The number of halogens is 1. The van der Waals surface area contributed by atoms with Crippen LogP contribution in [-0.4, -0.2) is 23.8 Å². The Morgan fingerprint density at radius 3 is 2.43 bits per heavy atom. The maximum absolute atomic E-state index is 13.9. The lowest BCUT2D eigenvalue weighted by Crippen LogP contribution is -2.20. The molecule has 6 nitrogen and oxygen atoms in total. The summed E-state index contributed by atoms with van der Waals surface area (Å²) in [5.41, 5.74) is 1.70. The molecule has 1 N–H and O–H groups in total. The van der Waals surface area contributed by atoms with E-state index >= 15 is 0 Å². The van der Waals surface area contributed by atoms with E-state index < -0.39 is 11.4 Å². The van der Waals surface area contributed by atoms with Crippen LogP contribution in [0.4, 0.5) is 16.0 Å². The van der Waals surface area contributed by atoms with Crippen LogP contribution in [0.2, 0.25) is 0 Å². The molecule has 0 amide bonds. The summed E-state index contributed by atoms with van der Waals surface area (Å²) in [6.07, 6.45) is 1.88. The van der Waals surface area contributed by atoms with E-state index in [-0.39, 0.29) is 5.95 Å². The second-order valence-electron chi connectivity index (χ2n) is 6.17. The van der Waals surface area contributed by atoms with E-state index in [4.69, 9.17) is 9.47 Å². The Kier molecular flexibility index (Phi) is 5.93. The quantitative estimate of drug-likeness (QED) is 0.673. The van der Waals surface area contributed by atoms with Crippen LogP contribution >= 0.6 is 0 Å². The van der Waals surface area contributed by atoms with Gasteiger partial charge in [-0.25, -0.2) is 0 Å². The van der Waals surface area contributed by atoms with Crippen LogP contribution in [0, 0.1) is 5.82 Å². The number of aromatic nitrogens is 2. The summed E-state index contributed by atoms with van der Waals surface area (Å²) in [6, 6.07) is 13.2. The molecule has 0 fully saturated rings. The first-order valence-electron chi connectivity index (χ1n) is 8.88. The molecule has 28 heavy (non-hydrogen) atoms. The van der Waals surface area contributed by atoms with Gasteiger partial charge in [0, 0.05) is 18.0 Å². The highest BCUT2D eigenvalue weighted by Gasteiger charge is 2.14. The second-order valence-corrected chi connectivity index (χ2v) is 6.17. The summed E-state index contributed by atoms with van der Waals surface area (Å²) in [4.78, 5) is 15.7. The van der Waals surface area contributed by atoms with Gasteiger partial charge in [0.2, 0.25) is 11.8 Å². The lowest BCUT2D eigenvalue weighted by Gasteiger charge is -2.18. The Bertz CT molecular complexity index is 1020. The van der Waals surface area contributed by atoms with E-state index in [0.717, 1.165) is 17.3 Å². The van der Waals surface area contributed by atoms with Crippen molar-refractivity contribution in [1.29, 1.82) is 0 Å². The minimum Gasteiger partial charge on any atom is -0.493 e. The predicted molar refractivity (Wildman–Crippen MR) is 106 cm³/mol. The minimum absolute atomic E-state index is 0.247. The van der Waals surface area contributed by atoms with Crippen molar-refractivity contribution in [1.82, 2.24) is 9.55 Å². The van der Waals surface area contributed by atoms with Gasteiger partial charge in [-0.3, -0.25) is 4.79 Å². The molecule has 2 aromatic carbocycles. The SMILES string of the molecule is CCc1cc(OC)c(OC)cc1Nc1nc(=O)c(F)cn1Cc1ccccc1. The molecule has 0 saturated carbocycles. The van der Waals surface area contributed by atoms with Gasteiger partial charge in [0.25, 0.3) is 0 Å². The van der Waals surface area contributed by atoms with Gasteiger partial charge in [0.05, 0.1) is 20.8 Å². The van der Waals surface area contributed by atoms with Crippen molar-refractivity contribution in [3.05, 3.63) is 76.0 Å². The number of hydrogen-bond donors (Lipinski definition) is 1. The smallest absolute Gasteiger partial charge is 0.310 e. The lowest BCUT2D eigenvalue weighted by molar-refractivity contribution is 0.355. The standard InChI is InChI=1S/C21H22FN3O3/c1-4-15-10-18(27-2)19(28-3)11-17(15)23-21-24-20(26)16(22)13-25(21)12-14-8-6-5-7-9-14/h5-11,13H,4,12H2,1-3H3,(H,23,24,26).